The fourth-order valence-corrected chi connectivity index (χ4v) is 2.90. The third-order valence-corrected chi connectivity index (χ3v) is 4.14. The summed E-state index contributed by atoms with van der Waals surface area (Å²) in [6.07, 6.45) is 4.05. The van der Waals surface area contributed by atoms with Crippen LogP contribution in [-0.2, 0) is 6.54 Å². The van der Waals surface area contributed by atoms with Gasteiger partial charge in [-0.25, -0.2) is 0 Å². The van der Waals surface area contributed by atoms with Crippen LogP contribution in [0.4, 0.5) is 0 Å². The molecule has 2 atom stereocenters. The van der Waals surface area contributed by atoms with Gasteiger partial charge in [0.15, 0.2) is 11.5 Å². The van der Waals surface area contributed by atoms with Gasteiger partial charge in [0, 0.05) is 12.1 Å². The molecule has 2 rings (SSSR count). The van der Waals surface area contributed by atoms with Crippen LogP contribution in [0, 0.1) is 11.8 Å². The van der Waals surface area contributed by atoms with Gasteiger partial charge >= 0.3 is 0 Å². The Hall–Kier alpha value is -1.22. The first-order valence-corrected chi connectivity index (χ1v) is 7.36. The Morgan fingerprint density at radius 1 is 1.37 bits per heavy atom. The zero-order chi connectivity index (χ0) is 13.7. The van der Waals surface area contributed by atoms with Gasteiger partial charge in [-0.05, 0) is 37.8 Å². The Balaban J connectivity index is 1.87. The number of benzene rings is 1. The summed E-state index contributed by atoms with van der Waals surface area (Å²) in [5, 5.41) is 13.6. The average molecular weight is 263 g/mol. The summed E-state index contributed by atoms with van der Waals surface area (Å²) in [6.45, 7) is 6.58. The van der Waals surface area contributed by atoms with Crippen molar-refractivity contribution in [1.82, 2.24) is 5.32 Å². The summed E-state index contributed by atoms with van der Waals surface area (Å²) in [5.41, 5.74) is 0.914. The van der Waals surface area contributed by atoms with E-state index in [4.69, 9.17) is 4.74 Å². The van der Waals surface area contributed by atoms with Gasteiger partial charge < -0.3 is 15.2 Å². The van der Waals surface area contributed by atoms with Gasteiger partial charge in [0.1, 0.15) is 0 Å². The number of phenolic OH excluding ortho intramolecular Hbond substituents is 1. The average Bonchev–Trinajstić information content (AvgIpc) is 2.80. The Morgan fingerprint density at radius 3 is 2.89 bits per heavy atom. The monoisotopic (exact) mass is 263 g/mol. The Morgan fingerprint density at radius 2 is 2.21 bits per heavy atom. The van der Waals surface area contributed by atoms with E-state index in [-0.39, 0.29) is 5.75 Å². The molecule has 2 unspecified atom stereocenters. The van der Waals surface area contributed by atoms with Crippen LogP contribution in [0.1, 0.15) is 38.7 Å². The maximum absolute atomic E-state index is 10.1. The van der Waals surface area contributed by atoms with Crippen molar-refractivity contribution in [2.45, 2.75) is 39.7 Å². The summed E-state index contributed by atoms with van der Waals surface area (Å²) >= 11 is 0. The zero-order valence-electron chi connectivity index (χ0n) is 12.0. The van der Waals surface area contributed by atoms with Crippen molar-refractivity contribution in [3.05, 3.63) is 23.8 Å². The first kappa shape index (κ1) is 14.2. The van der Waals surface area contributed by atoms with Gasteiger partial charge in [0.2, 0.25) is 0 Å². The van der Waals surface area contributed by atoms with Gasteiger partial charge in [0.05, 0.1) is 6.61 Å². The topological polar surface area (TPSA) is 41.5 Å². The lowest BCUT2D eigenvalue weighted by Gasteiger charge is -2.16. The zero-order valence-corrected chi connectivity index (χ0v) is 12.0. The smallest absolute Gasteiger partial charge is 0.162 e. The van der Waals surface area contributed by atoms with E-state index in [0.29, 0.717) is 18.9 Å². The van der Waals surface area contributed by atoms with Crippen LogP contribution in [0.2, 0.25) is 0 Å². The third kappa shape index (κ3) is 3.63. The number of para-hydroxylation sites is 1. The second-order valence-electron chi connectivity index (χ2n) is 5.50. The molecule has 3 nitrogen and oxygen atoms in total. The minimum absolute atomic E-state index is 0.274. The van der Waals surface area contributed by atoms with E-state index < -0.39 is 0 Å². The molecule has 1 aromatic carbocycles. The highest BCUT2D eigenvalue weighted by Crippen LogP contribution is 2.31. The van der Waals surface area contributed by atoms with Crippen LogP contribution in [-0.4, -0.2) is 18.3 Å². The first-order chi connectivity index (χ1) is 9.22. The summed E-state index contributed by atoms with van der Waals surface area (Å²) in [7, 11) is 0. The van der Waals surface area contributed by atoms with E-state index in [0.717, 1.165) is 23.9 Å². The minimum Gasteiger partial charge on any atom is -0.504 e. The minimum atomic E-state index is 0.274. The van der Waals surface area contributed by atoms with E-state index in [1.54, 1.807) is 6.07 Å². The normalized spacial score (nSPS) is 22.6. The molecule has 0 heterocycles. The lowest BCUT2D eigenvalue weighted by Crippen LogP contribution is -2.24. The third-order valence-electron chi connectivity index (χ3n) is 4.14. The lowest BCUT2D eigenvalue weighted by molar-refractivity contribution is 0.315. The number of hydrogen-bond acceptors (Lipinski definition) is 3. The molecule has 106 valence electrons. The van der Waals surface area contributed by atoms with Crippen LogP contribution in [0.3, 0.4) is 0 Å². The summed E-state index contributed by atoms with van der Waals surface area (Å²) < 4.78 is 5.40. The van der Waals surface area contributed by atoms with Crippen LogP contribution < -0.4 is 10.1 Å². The largest absolute Gasteiger partial charge is 0.504 e. The number of aromatic hydroxyl groups is 1. The van der Waals surface area contributed by atoms with Gasteiger partial charge in [-0.1, -0.05) is 31.9 Å². The Labute approximate surface area is 116 Å². The van der Waals surface area contributed by atoms with Gasteiger partial charge in [-0.2, -0.15) is 0 Å². The van der Waals surface area contributed by atoms with E-state index in [1.165, 1.54) is 19.3 Å². The van der Waals surface area contributed by atoms with E-state index in [1.807, 2.05) is 19.1 Å². The van der Waals surface area contributed by atoms with Gasteiger partial charge in [-0.3, -0.25) is 0 Å². The van der Waals surface area contributed by atoms with Crippen molar-refractivity contribution >= 4 is 0 Å². The summed E-state index contributed by atoms with van der Waals surface area (Å²) in [5.74, 6) is 2.47. The molecule has 2 N–H and O–H groups in total. The van der Waals surface area contributed by atoms with E-state index >= 15 is 0 Å². The molecular weight excluding hydrogens is 238 g/mol. The van der Waals surface area contributed by atoms with Crippen LogP contribution >= 0.6 is 0 Å². The second kappa shape index (κ2) is 6.80. The molecule has 1 aliphatic carbocycles. The molecule has 3 heteroatoms. The molecule has 0 saturated heterocycles. The Bertz CT molecular complexity index is 406. The molecule has 1 fully saturated rings. The molecule has 0 spiro atoms. The molecule has 0 aliphatic heterocycles. The highest BCUT2D eigenvalue weighted by Gasteiger charge is 2.22. The van der Waals surface area contributed by atoms with Crippen molar-refractivity contribution in [2.24, 2.45) is 11.8 Å². The predicted molar refractivity (Wildman–Crippen MR) is 77.5 cm³/mol. The van der Waals surface area contributed by atoms with Crippen molar-refractivity contribution in [3.8, 4) is 11.5 Å². The number of nitrogens with one attached hydrogen (secondary N) is 1. The van der Waals surface area contributed by atoms with Gasteiger partial charge in [0.25, 0.3) is 0 Å². The number of ether oxygens (including phenoxy) is 1. The molecule has 0 bridgehead atoms. The molecule has 0 amide bonds. The van der Waals surface area contributed by atoms with Crippen LogP contribution in [0.5, 0.6) is 11.5 Å². The van der Waals surface area contributed by atoms with Gasteiger partial charge in [-0.15, -0.1) is 0 Å². The maximum atomic E-state index is 10.1. The van der Waals surface area contributed by atoms with E-state index in [2.05, 4.69) is 12.2 Å². The maximum Gasteiger partial charge on any atom is 0.162 e. The molecule has 0 radical (unpaired) electrons. The molecule has 19 heavy (non-hydrogen) atoms. The lowest BCUT2D eigenvalue weighted by atomic mass is 9.98. The number of rotatable bonds is 6. The molecule has 1 aliphatic rings. The summed E-state index contributed by atoms with van der Waals surface area (Å²) in [4.78, 5) is 0. The Kier molecular flexibility index (Phi) is 5.08. The highest BCUT2D eigenvalue weighted by molar-refractivity contribution is 5.45. The molecule has 1 aromatic rings. The fraction of sp³-hybridized carbons (Fsp3) is 0.625. The van der Waals surface area contributed by atoms with E-state index in [9.17, 15) is 5.11 Å². The van der Waals surface area contributed by atoms with Crippen molar-refractivity contribution < 1.29 is 9.84 Å². The summed E-state index contributed by atoms with van der Waals surface area (Å²) in [6, 6.07) is 5.68. The van der Waals surface area contributed by atoms with Crippen molar-refractivity contribution in [3.63, 3.8) is 0 Å². The van der Waals surface area contributed by atoms with Crippen LogP contribution in [0.25, 0.3) is 0 Å². The van der Waals surface area contributed by atoms with Crippen LogP contribution in [0.15, 0.2) is 18.2 Å². The second-order valence-corrected chi connectivity index (χ2v) is 5.50. The van der Waals surface area contributed by atoms with Crippen molar-refractivity contribution in [2.75, 3.05) is 13.2 Å². The number of hydrogen-bond donors (Lipinski definition) is 2. The fourth-order valence-electron chi connectivity index (χ4n) is 2.90. The first-order valence-electron chi connectivity index (χ1n) is 7.36. The van der Waals surface area contributed by atoms with Crippen molar-refractivity contribution in [1.29, 1.82) is 0 Å². The number of phenols is 1. The molecule has 0 aromatic heterocycles. The quantitative estimate of drug-likeness (QED) is 0.827. The predicted octanol–water partition coefficient (Wildman–Crippen LogP) is 3.32. The highest BCUT2D eigenvalue weighted by atomic mass is 16.5. The standard InChI is InChI=1S/C16H25NO2/c1-3-19-15-9-5-8-14(16(15)18)11-17-10-13-7-4-6-12(13)2/h5,8-9,12-13,17-18H,3-4,6-7,10-11H2,1-2H3. The SMILES string of the molecule is CCOc1cccc(CNCC2CCCC2C)c1O. The molecular formula is C16H25NO2. The molecule has 1 saturated carbocycles.